The molecular weight excluding hydrogens is 358 g/mol. The third-order valence-corrected chi connectivity index (χ3v) is 4.66. The van der Waals surface area contributed by atoms with Crippen LogP contribution in [0.15, 0.2) is 30.6 Å². The molecule has 148 valence electrons. The first-order valence-electron chi connectivity index (χ1n) is 9.25. The number of amides is 2. The Bertz CT molecular complexity index is 882. The number of nitrogens with one attached hydrogen (secondary N) is 1. The maximum atomic E-state index is 12.2. The average molecular weight is 383 g/mol. The monoisotopic (exact) mass is 383 g/mol. The third-order valence-electron chi connectivity index (χ3n) is 4.66. The van der Waals surface area contributed by atoms with Crippen LogP contribution in [0.1, 0.15) is 45.7 Å². The van der Waals surface area contributed by atoms with Gasteiger partial charge in [-0.15, -0.1) is 0 Å². The number of nitrogens with two attached hydrogens (primary N) is 1. The summed E-state index contributed by atoms with van der Waals surface area (Å²) >= 11 is 0. The van der Waals surface area contributed by atoms with Crippen LogP contribution in [-0.2, 0) is 9.53 Å². The van der Waals surface area contributed by atoms with Gasteiger partial charge in [0.25, 0.3) is 0 Å². The van der Waals surface area contributed by atoms with Crippen LogP contribution in [0.25, 0.3) is 11.1 Å². The maximum Gasteiger partial charge on any atom is 0.407 e. The number of hydrogen-bond acceptors (Lipinski definition) is 6. The van der Waals surface area contributed by atoms with E-state index in [1.807, 2.05) is 25.1 Å². The number of anilines is 2. The van der Waals surface area contributed by atoms with Gasteiger partial charge in [0.05, 0.1) is 12.1 Å². The Morgan fingerprint density at radius 3 is 2.54 bits per heavy atom. The number of benzene rings is 1. The average Bonchev–Trinajstić information content (AvgIpc) is 2.61. The number of nitrogens with zero attached hydrogens (tertiary/aromatic N) is 3. The molecule has 0 unspecified atom stereocenters. The second-order valence-corrected chi connectivity index (χ2v) is 7.23. The lowest BCUT2D eigenvalue weighted by atomic mass is 9.89. The van der Waals surface area contributed by atoms with Crippen molar-refractivity contribution in [1.82, 2.24) is 15.3 Å². The summed E-state index contributed by atoms with van der Waals surface area (Å²) in [5.41, 5.74) is 8.88. The molecule has 1 aliphatic rings. The fraction of sp³-hybridized carbons (Fsp3) is 0.400. The number of aromatic nitrogens is 2. The Morgan fingerprint density at radius 2 is 1.93 bits per heavy atom. The van der Waals surface area contributed by atoms with Gasteiger partial charge in [0.1, 0.15) is 0 Å². The van der Waals surface area contributed by atoms with Gasteiger partial charge < -0.3 is 20.7 Å². The second-order valence-electron chi connectivity index (χ2n) is 7.23. The molecule has 3 N–H and O–H groups in total. The fourth-order valence-electron chi connectivity index (χ4n) is 3.54. The minimum atomic E-state index is -0.476. The fourth-order valence-corrected chi connectivity index (χ4v) is 3.54. The van der Waals surface area contributed by atoms with Crippen molar-refractivity contribution in [3.8, 4) is 11.1 Å². The first-order valence-corrected chi connectivity index (χ1v) is 9.25. The van der Waals surface area contributed by atoms with E-state index in [2.05, 4.69) is 15.3 Å². The number of carbonyl (C=O) groups excluding carboxylic acids is 2. The minimum absolute atomic E-state index is 0.0412. The highest BCUT2D eigenvalue weighted by Crippen LogP contribution is 2.39. The molecule has 0 fully saturated rings. The molecule has 0 spiro atoms. The topological polar surface area (TPSA) is 110 Å². The molecule has 0 saturated heterocycles. The Kier molecular flexibility index (Phi) is 5.48. The molecule has 0 saturated carbocycles. The molecule has 1 aliphatic heterocycles. The zero-order valence-corrected chi connectivity index (χ0v) is 16.5. The molecule has 1 aromatic carbocycles. The van der Waals surface area contributed by atoms with Crippen LogP contribution >= 0.6 is 0 Å². The van der Waals surface area contributed by atoms with Crippen molar-refractivity contribution in [3.63, 3.8) is 0 Å². The number of ether oxygens (including phenoxy) is 1. The lowest BCUT2D eigenvalue weighted by Gasteiger charge is -2.39. The van der Waals surface area contributed by atoms with Crippen LogP contribution in [0, 0.1) is 0 Å². The summed E-state index contributed by atoms with van der Waals surface area (Å²) in [6.45, 7) is 7.11. The van der Waals surface area contributed by atoms with Crippen molar-refractivity contribution < 1.29 is 14.3 Å². The third kappa shape index (κ3) is 4.05. The van der Waals surface area contributed by atoms with Crippen LogP contribution < -0.4 is 16.0 Å². The summed E-state index contributed by atoms with van der Waals surface area (Å²) in [6, 6.07) is 5.42. The summed E-state index contributed by atoms with van der Waals surface area (Å²) in [6.07, 6.45) is 3.19. The van der Waals surface area contributed by atoms with Crippen molar-refractivity contribution in [2.45, 2.75) is 52.3 Å². The highest BCUT2D eigenvalue weighted by atomic mass is 16.6. The van der Waals surface area contributed by atoms with Gasteiger partial charge in [0, 0.05) is 36.6 Å². The Balaban J connectivity index is 2.02. The standard InChI is InChI=1S/C20H25N5O3/c1-11(2)28-20(27)24-17-7-12(3)25(13(4)26)18-6-5-14(8-16(17)18)15-9-22-19(21)23-10-15/h5-6,8-12,17H,7H2,1-4H3,(H,24,27)(H2,21,22,23)/t12-,17+/m0/s1. The van der Waals surface area contributed by atoms with Crippen molar-refractivity contribution >= 4 is 23.6 Å². The van der Waals surface area contributed by atoms with Crippen molar-refractivity contribution in [2.75, 3.05) is 10.6 Å². The molecule has 0 aliphatic carbocycles. The van der Waals surface area contributed by atoms with Gasteiger partial charge >= 0.3 is 6.09 Å². The second kappa shape index (κ2) is 7.84. The van der Waals surface area contributed by atoms with Crippen LogP contribution in [0.4, 0.5) is 16.4 Å². The first-order chi connectivity index (χ1) is 13.3. The van der Waals surface area contributed by atoms with Gasteiger partial charge in [0.2, 0.25) is 11.9 Å². The molecule has 2 heterocycles. The summed E-state index contributed by atoms with van der Waals surface area (Å²) in [4.78, 5) is 34.2. The van der Waals surface area contributed by atoms with Crippen molar-refractivity contribution in [2.24, 2.45) is 0 Å². The van der Waals surface area contributed by atoms with E-state index in [1.54, 1.807) is 38.1 Å². The zero-order chi connectivity index (χ0) is 20.4. The molecule has 0 bridgehead atoms. The van der Waals surface area contributed by atoms with Gasteiger partial charge in [-0.2, -0.15) is 0 Å². The molecule has 8 heteroatoms. The Hall–Kier alpha value is -3.16. The van der Waals surface area contributed by atoms with E-state index in [1.165, 1.54) is 0 Å². The Labute approximate surface area is 164 Å². The van der Waals surface area contributed by atoms with E-state index in [0.29, 0.717) is 6.42 Å². The molecule has 8 nitrogen and oxygen atoms in total. The predicted molar refractivity (Wildman–Crippen MR) is 107 cm³/mol. The number of nitrogen functional groups attached to an aromatic ring is 1. The molecule has 1 aromatic heterocycles. The predicted octanol–water partition coefficient (Wildman–Crippen LogP) is 3.05. The van der Waals surface area contributed by atoms with Gasteiger partial charge in [0.15, 0.2) is 0 Å². The van der Waals surface area contributed by atoms with E-state index < -0.39 is 6.09 Å². The van der Waals surface area contributed by atoms with Gasteiger partial charge in [-0.3, -0.25) is 4.79 Å². The van der Waals surface area contributed by atoms with Crippen molar-refractivity contribution in [1.29, 1.82) is 0 Å². The highest BCUT2D eigenvalue weighted by molar-refractivity contribution is 5.94. The van der Waals surface area contributed by atoms with E-state index in [-0.39, 0.29) is 30.0 Å². The largest absolute Gasteiger partial charge is 0.447 e. The van der Waals surface area contributed by atoms with E-state index in [9.17, 15) is 9.59 Å². The Morgan fingerprint density at radius 1 is 1.25 bits per heavy atom. The molecule has 3 rings (SSSR count). The van der Waals surface area contributed by atoms with E-state index >= 15 is 0 Å². The summed E-state index contributed by atoms with van der Waals surface area (Å²) in [5.74, 6) is 0.162. The molecule has 2 aromatic rings. The number of rotatable bonds is 3. The SMILES string of the molecule is CC(=O)N1c2ccc(-c3cnc(N)nc3)cc2[C@H](NC(=O)OC(C)C)C[C@@H]1C. The molecular formula is C20H25N5O3. The van der Waals surface area contributed by atoms with Crippen LogP contribution in [0.5, 0.6) is 0 Å². The van der Waals surface area contributed by atoms with E-state index in [0.717, 1.165) is 22.4 Å². The maximum absolute atomic E-state index is 12.2. The summed E-state index contributed by atoms with van der Waals surface area (Å²) in [7, 11) is 0. The number of hydrogen-bond donors (Lipinski definition) is 2. The van der Waals surface area contributed by atoms with Gasteiger partial charge in [-0.25, -0.2) is 14.8 Å². The molecule has 28 heavy (non-hydrogen) atoms. The van der Waals surface area contributed by atoms with E-state index in [4.69, 9.17) is 10.5 Å². The lowest BCUT2D eigenvalue weighted by Crippen LogP contribution is -2.45. The highest BCUT2D eigenvalue weighted by Gasteiger charge is 2.33. The minimum Gasteiger partial charge on any atom is -0.447 e. The molecule has 2 atom stereocenters. The van der Waals surface area contributed by atoms with Crippen LogP contribution in [0.3, 0.4) is 0 Å². The first kappa shape index (κ1) is 19.6. The van der Waals surface area contributed by atoms with Gasteiger partial charge in [-0.05, 0) is 50.5 Å². The smallest absolute Gasteiger partial charge is 0.407 e. The summed E-state index contributed by atoms with van der Waals surface area (Å²) in [5, 5.41) is 2.93. The number of alkyl carbamates (subject to hydrolysis) is 1. The normalized spacial score (nSPS) is 18.5. The van der Waals surface area contributed by atoms with Crippen LogP contribution in [-0.4, -0.2) is 34.1 Å². The number of fused-ring (bicyclic) bond motifs is 1. The zero-order valence-electron chi connectivity index (χ0n) is 16.5. The molecule has 2 amide bonds. The lowest BCUT2D eigenvalue weighted by molar-refractivity contribution is -0.117. The van der Waals surface area contributed by atoms with Crippen LogP contribution in [0.2, 0.25) is 0 Å². The molecule has 0 radical (unpaired) electrons. The quantitative estimate of drug-likeness (QED) is 0.843. The number of carbonyl (C=O) groups is 2. The summed E-state index contributed by atoms with van der Waals surface area (Å²) < 4.78 is 5.24. The van der Waals surface area contributed by atoms with Crippen molar-refractivity contribution in [3.05, 3.63) is 36.2 Å². The van der Waals surface area contributed by atoms with Gasteiger partial charge in [-0.1, -0.05) is 6.07 Å².